The fourth-order valence-electron chi connectivity index (χ4n) is 4.13. The van der Waals surface area contributed by atoms with E-state index in [0.29, 0.717) is 11.3 Å². The summed E-state index contributed by atoms with van der Waals surface area (Å²) in [7, 11) is 3.77. The van der Waals surface area contributed by atoms with Crippen LogP contribution < -0.4 is 15.5 Å². The third kappa shape index (κ3) is 3.99. The number of fused-ring (bicyclic) bond motifs is 3. The summed E-state index contributed by atoms with van der Waals surface area (Å²) >= 11 is 0. The summed E-state index contributed by atoms with van der Waals surface area (Å²) in [5.74, 6) is -0.382. The Morgan fingerprint density at radius 2 is 1.79 bits per heavy atom. The maximum Gasteiger partial charge on any atom is 0.259 e. The summed E-state index contributed by atoms with van der Waals surface area (Å²) in [5, 5.41) is 7.97. The van der Waals surface area contributed by atoms with Crippen LogP contribution in [0.1, 0.15) is 21.5 Å². The summed E-state index contributed by atoms with van der Waals surface area (Å²) in [4.78, 5) is 35.8. The van der Waals surface area contributed by atoms with Gasteiger partial charge in [0.05, 0.1) is 22.6 Å². The molecule has 5 rings (SSSR count). The molecule has 0 saturated carbocycles. The molecule has 0 spiro atoms. The molecule has 1 aromatic heterocycles. The molecule has 0 atom stereocenters. The van der Waals surface area contributed by atoms with E-state index in [1.54, 1.807) is 18.5 Å². The molecule has 2 amide bonds. The first-order chi connectivity index (χ1) is 16.5. The fraction of sp³-hybridized carbons (Fsp3) is 0.111. The van der Waals surface area contributed by atoms with E-state index in [1.165, 1.54) is 0 Å². The standard InChI is InChI=1S/C27H23N5O2/c1-32(2)23-13-14-28-15-22(23)27(34)30-19-10-7-18(8-11-19)25-21-12-9-17-5-3-4-6-20(17)26(21)31-24(33)16-29-25/h3-15H,16H2,1-2H3,(H,30,34)(H,31,33). The van der Waals surface area contributed by atoms with Crippen molar-refractivity contribution in [1.29, 1.82) is 0 Å². The number of nitrogens with one attached hydrogen (secondary N) is 2. The number of hydrogen-bond acceptors (Lipinski definition) is 5. The number of amides is 2. The molecule has 0 unspecified atom stereocenters. The van der Waals surface area contributed by atoms with Crippen molar-refractivity contribution >= 4 is 45.4 Å². The summed E-state index contributed by atoms with van der Waals surface area (Å²) in [6.45, 7) is 0.0468. The van der Waals surface area contributed by atoms with Crippen LogP contribution in [0.5, 0.6) is 0 Å². The van der Waals surface area contributed by atoms with E-state index >= 15 is 0 Å². The molecular formula is C27H23N5O2. The van der Waals surface area contributed by atoms with Crippen LogP contribution in [0.15, 0.2) is 84.1 Å². The van der Waals surface area contributed by atoms with Crippen molar-refractivity contribution in [2.45, 2.75) is 0 Å². The zero-order valence-electron chi connectivity index (χ0n) is 18.9. The molecule has 34 heavy (non-hydrogen) atoms. The lowest BCUT2D eigenvalue weighted by Crippen LogP contribution is -2.18. The second kappa shape index (κ2) is 8.78. The summed E-state index contributed by atoms with van der Waals surface area (Å²) < 4.78 is 0. The van der Waals surface area contributed by atoms with Gasteiger partial charge in [-0.1, -0.05) is 48.5 Å². The van der Waals surface area contributed by atoms with Crippen LogP contribution in [-0.4, -0.2) is 43.2 Å². The van der Waals surface area contributed by atoms with Gasteiger partial charge in [0.1, 0.15) is 6.54 Å². The van der Waals surface area contributed by atoms with Crippen LogP contribution in [-0.2, 0) is 4.79 Å². The number of benzene rings is 3. The largest absolute Gasteiger partial charge is 0.377 e. The van der Waals surface area contributed by atoms with Gasteiger partial charge in [-0.2, -0.15) is 0 Å². The number of rotatable bonds is 4. The average Bonchev–Trinajstić information content (AvgIpc) is 3.03. The smallest absolute Gasteiger partial charge is 0.259 e. The van der Waals surface area contributed by atoms with Gasteiger partial charge in [0.15, 0.2) is 0 Å². The van der Waals surface area contributed by atoms with E-state index in [9.17, 15) is 9.59 Å². The van der Waals surface area contributed by atoms with Gasteiger partial charge < -0.3 is 15.5 Å². The van der Waals surface area contributed by atoms with Crippen molar-refractivity contribution < 1.29 is 9.59 Å². The van der Waals surface area contributed by atoms with Gasteiger partial charge in [-0.05, 0) is 23.6 Å². The predicted octanol–water partition coefficient (Wildman–Crippen LogP) is 4.34. The Labute approximate surface area is 197 Å². The van der Waals surface area contributed by atoms with E-state index < -0.39 is 0 Å². The molecule has 0 fully saturated rings. The average molecular weight is 450 g/mol. The zero-order valence-corrected chi connectivity index (χ0v) is 18.9. The van der Waals surface area contributed by atoms with E-state index in [0.717, 1.165) is 39.0 Å². The number of carbonyl (C=O) groups is 2. The molecule has 7 heteroatoms. The highest BCUT2D eigenvalue weighted by molar-refractivity contribution is 6.23. The van der Waals surface area contributed by atoms with Crippen molar-refractivity contribution in [3.05, 3.63) is 95.8 Å². The molecule has 0 aliphatic carbocycles. The van der Waals surface area contributed by atoms with Gasteiger partial charge in [-0.3, -0.25) is 19.6 Å². The first-order valence-corrected chi connectivity index (χ1v) is 10.9. The Kier molecular flexibility index (Phi) is 5.51. The van der Waals surface area contributed by atoms with Crippen molar-refractivity contribution in [3.8, 4) is 0 Å². The molecule has 4 aromatic rings. The van der Waals surface area contributed by atoms with Gasteiger partial charge in [0, 0.05) is 48.7 Å². The molecule has 2 heterocycles. The monoisotopic (exact) mass is 449 g/mol. The summed E-state index contributed by atoms with van der Waals surface area (Å²) in [5.41, 5.74) is 5.18. The summed E-state index contributed by atoms with van der Waals surface area (Å²) in [6, 6.07) is 21.2. The van der Waals surface area contributed by atoms with Crippen LogP contribution in [0.25, 0.3) is 10.8 Å². The second-order valence-corrected chi connectivity index (χ2v) is 8.24. The van der Waals surface area contributed by atoms with E-state index in [4.69, 9.17) is 0 Å². The van der Waals surface area contributed by atoms with Crippen molar-refractivity contribution in [3.63, 3.8) is 0 Å². The number of anilines is 3. The summed E-state index contributed by atoms with van der Waals surface area (Å²) in [6.07, 6.45) is 3.22. The third-order valence-corrected chi connectivity index (χ3v) is 5.77. The minimum Gasteiger partial charge on any atom is -0.377 e. The molecule has 0 saturated heterocycles. The quantitative estimate of drug-likeness (QED) is 0.485. The minimum absolute atomic E-state index is 0.0468. The second-order valence-electron chi connectivity index (χ2n) is 8.24. The maximum absolute atomic E-state index is 12.8. The third-order valence-electron chi connectivity index (χ3n) is 5.77. The highest BCUT2D eigenvalue weighted by atomic mass is 16.2. The number of aromatic nitrogens is 1. The van der Waals surface area contributed by atoms with Crippen LogP contribution in [0.2, 0.25) is 0 Å². The Bertz CT molecular complexity index is 1440. The highest BCUT2D eigenvalue weighted by Crippen LogP contribution is 2.31. The van der Waals surface area contributed by atoms with E-state index in [-0.39, 0.29) is 18.4 Å². The Hall–Kier alpha value is -4.52. The number of nitrogens with zero attached hydrogens (tertiary/aromatic N) is 3. The SMILES string of the molecule is CN(C)c1ccncc1C(=O)Nc1ccc(C2=NCC(=O)Nc3c2ccc2ccccc32)cc1. The van der Waals surface area contributed by atoms with Crippen molar-refractivity contribution in [2.24, 2.45) is 4.99 Å². The minimum atomic E-state index is -0.233. The molecular weight excluding hydrogens is 426 g/mol. The van der Waals surface area contributed by atoms with Crippen LogP contribution in [0.4, 0.5) is 17.1 Å². The Morgan fingerprint density at radius 1 is 1.00 bits per heavy atom. The van der Waals surface area contributed by atoms with Gasteiger partial charge in [-0.15, -0.1) is 0 Å². The molecule has 3 aromatic carbocycles. The first-order valence-electron chi connectivity index (χ1n) is 10.9. The number of aliphatic imine (C=N–C) groups is 1. The van der Waals surface area contributed by atoms with E-state index in [1.807, 2.05) is 79.7 Å². The molecule has 1 aliphatic rings. The fourth-order valence-corrected chi connectivity index (χ4v) is 4.13. The first kappa shape index (κ1) is 21.3. The Morgan fingerprint density at radius 3 is 2.59 bits per heavy atom. The predicted molar refractivity (Wildman–Crippen MR) is 136 cm³/mol. The maximum atomic E-state index is 12.8. The zero-order chi connectivity index (χ0) is 23.7. The molecule has 2 N–H and O–H groups in total. The van der Waals surface area contributed by atoms with Crippen molar-refractivity contribution in [2.75, 3.05) is 36.2 Å². The van der Waals surface area contributed by atoms with Crippen LogP contribution in [0.3, 0.4) is 0 Å². The van der Waals surface area contributed by atoms with Gasteiger partial charge in [0.2, 0.25) is 5.91 Å². The molecule has 1 aliphatic heterocycles. The lowest BCUT2D eigenvalue weighted by atomic mass is 9.96. The Balaban J connectivity index is 1.46. The lowest BCUT2D eigenvalue weighted by molar-refractivity contribution is -0.114. The van der Waals surface area contributed by atoms with Crippen LogP contribution in [0, 0.1) is 0 Å². The molecule has 0 radical (unpaired) electrons. The normalized spacial score (nSPS) is 12.9. The van der Waals surface area contributed by atoms with Gasteiger partial charge >= 0.3 is 0 Å². The van der Waals surface area contributed by atoms with Crippen molar-refractivity contribution in [1.82, 2.24) is 4.98 Å². The molecule has 168 valence electrons. The highest BCUT2D eigenvalue weighted by Gasteiger charge is 2.20. The number of carbonyl (C=O) groups excluding carboxylic acids is 2. The van der Waals surface area contributed by atoms with Gasteiger partial charge in [-0.25, -0.2) is 0 Å². The number of pyridine rings is 1. The number of hydrogen-bond donors (Lipinski definition) is 2. The van der Waals surface area contributed by atoms with E-state index in [2.05, 4.69) is 20.6 Å². The van der Waals surface area contributed by atoms with Crippen LogP contribution >= 0.6 is 0 Å². The molecule has 7 nitrogen and oxygen atoms in total. The molecule has 0 bridgehead atoms. The lowest BCUT2D eigenvalue weighted by Gasteiger charge is -2.16. The van der Waals surface area contributed by atoms with Gasteiger partial charge in [0.25, 0.3) is 5.91 Å². The topological polar surface area (TPSA) is 86.7 Å².